The highest BCUT2D eigenvalue weighted by molar-refractivity contribution is 6.10. The molecule has 5 aromatic rings. The first-order valence-corrected chi connectivity index (χ1v) is 10.1. The van der Waals surface area contributed by atoms with E-state index < -0.39 is 5.54 Å². The van der Waals surface area contributed by atoms with E-state index in [1.807, 2.05) is 36.4 Å². The summed E-state index contributed by atoms with van der Waals surface area (Å²) in [5, 5.41) is 3.37. The maximum absolute atomic E-state index is 13.6. The largest absolute Gasteiger partial charge is 0.467 e. The van der Waals surface area contributed by atoms with Gasteiger partial charge in [-0.2, -0.15) is 0 Å². The van der Waals surface area contributed by atoms with E-state index in [1.54, 1.807) is 0 Å². The highest BCUT2D eigenvalue weighted by atomic mass is 16.5. The van der Waals surface area contributed by atoms with E-state index in [9.17, 15) is 4.79 Å². The molecule has 1 aliphatic carbocycles. The summed E-state index contributed by atoms with van der Waals surface area (Å²) in [6.07, 6.45) is 4.72. The van der Waals surface area contributed by atoms with Gasteiger partial charge in [-0.15, -0.1) is 0 Å². The number of aromatic nitrogens is 2. The smallest absolute Gasteiger partial charge is 0.338 e. The van der Waals surface area contributed by atoms with Gasteiger partial charge in [0.25, 0.3) is 0 Å². The zero-order valence-electron chi connectivity index (χ0n) is 16.6. The summed E-state index contributed by atoms with van der Waals surface area (Å²) < 4.78 is 7.62. The van der Waals surface area contributed by atoms with Crippen LogP contribution in [0.3, 0.4) is 0 Å². The molecule has 1 atom stereocenters. The Kier molecular flexibility index (Phi) is 3.48. The number of H-pyrrole nitrogens is 1. The highest BCUT2D eigenvalue weighted by Crippen LogP contribution is 2.45. The van der Waals surface area contributed by atoms with Crippen LogP contribution in [0.2, 0.25) is 0 Å². The Labute approximate surface area is 173 Å². The fraction of sp³-hybridized carbons (Fsp3) is 0.115. The third-order valence-electron chi connectivity index (χ3n) is 6.34. The molecule has 6 rings (SSSR count). The van der Waals surface area contributed by atoms with Crippen molar-refractivity contribution < 1.29 is 9.53 Å². The Balaban J connectivity index is 1.82. The lowest BCUT2D eigenvalue weighted by Gasteiger charge is -2.35. The molecule has 1 N–H and O–H groups in total. The third-order valence-corrected chi connectivity index (χ3v) is 6.34. The van der Waals surface area contributed by atoms with Crippen LogP contribution in [0.1, 0.15) is 17.7 Å². The maximum Gasteiger partial charge on any atom is 0.338 e. The second kappa shape index (κ2) is 6.10. The molecule has 4 heteroatoms. The minimum atomic E-state index is -1.01. The first kappa shape index (κ1) is 17.1. The Hall–Kier alpha value is -3.79. The van der Waals surface area contributed by atoms with Crippen molar-refractivity contribution in [3.05, 3.63) is 90.1 Å². The zero-order valence-corrected chi connectivity index (χ0v) is 16.6. The molecule has 0 amide bonds. The fourth-order valence-corrected chi connectivity index (χ4v) is 5.09. The van der Waals surface area contributed by atoms with Crippen molar-refractivity contribution >= 4 is 44.8 Å². The molecular formula is C26H20N2O2. The molecule has 0 saturated heterocycles. The summed E-state index contributed by atoms with van der Waals surface area (Å²) in [7, 11) is 1.47. The predicted molar refractivity (Wildman–Crippen MR) is 120 cm³/mol. The number of fused-ring (bicyclic) bond motifs is 6. The molecule has 0 spiro atoms. The quantitative estimate of drug-likeness (QED) is 0.397. The number of hydrogen-bond acceptors (Lipinski definition) is 2. The number of hydrogen-bond donors (Lipinski definition) is 1. The van der Waals surface area contributed by atoms with Gasteiger partial charge in [-0.25, -0.2) is 4.79 Å². The van der Waals surface area contributed by atoms with Gasteiger partial charge in [0.2, 0.25) is 0 Å². The molecular weight excluding hydrogens is 372 g/mol. The van der Waals surface area contributed by atoms with Gasteiger partial charge in [0.05, 0.1) is 23.8 Å². The number of carbonyl (C=O) groups excluding carboxylic acids is 1. The van der Waals surface area contributed by atoms with Crippen molar-refractivity contribution in [2.45, 2.75) is 12.0 Å². The normalized spacial score (nSPS) is 18.2. The second-order valence-electron chi connectivity index (χ2n) is 7.79. The van der Waals surface area contributed by atoms with Crippen LogP contribution < -0.4 is 0 Å². The number of nitrogens with zero attached hydrogens (tertiary/aromatic N) is 1. The Morgan fingerprint density at radius 3 is 2.17 bits per heavy atom. The summed E-state index contributed by atoms with van der Waals surface area (Å²) in [4.78, 5) is 17.2. The van der Waals surface area contributed by atoms with Gasteiger partial charge >= 0.3 is 5.97 Å². The molecule has 0 fully saturated rings. The average molecular weight is 392 g/mol. The van der Waals surface area contributed by atoms with Gasteiger partial charge in [0.15, 0.2) is 5.54 Å². The van der Waals surface area contributed by atoms with Crippen LogP contribution in [0, 0.1) is 0 Å². The minimum absolute atomic E-state index is 0.272. The number of aromatic amines is 1. The molecule has 1 unspecified atom stereocenters. The molecule has 3 aromatic carbocycles. The van der Waals surface area contributed by atoms with E-state index in [4.69, 9.17) is 4.74 Å². The lowest BCUT2D eigenvalue weighted by molar-refractivity contribution is -0.148. The Morgan fingerprint density at radius 1 is 0.900 bits per heavy atom. The molecule has 2 heterocycles. The van der Waals surface area contributed by atoms with Gasteiger partial charge in [0.1, 0.15) is 0 Å². The van der Waals surface area contributed by atoms with Gasteiger partial charge < -0.3 is 14.3 Å². The molecule has 0 radical (unpaired) electrons. The first-order valence-electron chi connectivity index (χ1n) is 10.1. The number of ether oxygens (including phenoxy) is 1. The number of benzene rings is 3. The van der Waals surface area contributed by atoms with Gasteiger partial charge in [-0.05, 0) is 18.2 Å². The lowest BCUT2D eigenvalue weighted by atomic mass is 9.83. The van der Waals surface area contributed by atoms with Gasteiger partial charge in [-0.1, -0.05) is 66.7 Å². The van der Waals surface area contributed by atoms with Crippen molar-refractivity contribution in [2.24, 2.45) is 0 Å². The molecule has 30 heavy (non-hydrogen) atoms. The van der Waals surface area contributed by atoms with Crippen molar-refractivity contribution in [3.63, 3.8) is 0 Å². The second-order valence-corrected chi connectivity index (χ2v) is 7.79. The Bertz CT molecular complexity index is 1430. The number of allylic oxidation sites excluding steroid dienone is 1. The molecule has 0 aliphatic heterocycles. The van der Waals surface area contributed by atoms with Gasteiger partial charge in [0, 0.05) is 33.7 Å². The number of methoxy groups -OCH3 is 1. The van der Waals surface area contributed by atoms with E-state index in [1.165, 1.54) is 7.11 Å². The number of esters is 1. The average Bonchev–Trinajstić information content (AvgIpc) is 3.35. The van der Waals surface area contributed by atoms with Crippen LogP contribution in [0.25, 0.3) is 38.8 Å². The molecule has 0 bridgehead atoms. The molecule has 4 nitrogen and oxygen atoms in total. The van der Waals surface area contributed by atoms with Crippen molar-refractivity contribution in [1.82, 2.24) is 9.55 Å². The zero-order chi connectivity index (χ0) is 20.3. The van der Waals surface area contributed by atoms with E-state index in [2.05, 4.69) is 58.1 Å². The van der Waals surface area contributed by atoms with E-state index in [-0.39, 0.29) is 5.97 Å². The van der Waals surface area contributed by atoms with Crippen LogP contribution in [-0.4, -0.2) is 22.6 Å². The summed E-state index contributed by atoms with van der Waals surface area (Å²) >= 11 is 0. The molecule has 2 aromatic heterocycles. The standard InChI is InChI=1S/C26H20N2O2/c1-30-25(29)26(16-8-12-20-17-9-2-5-13-21(17)27-24(20)26)28-22-14-6-3-10-18(22)19-11-4-7-15-23(19)28/h2-15,27H,16H2,1H3. The topological polar surface area (TPSA) is 47.0 Å². The van der Waals surface area contributed by atoms with Crippen LogP contribution in [0.15, 0.2) is 78.9 Å². The van der Waals surface area contributed by atoms with E-state index in [0.717, 1.165) is 44.0 Å². The minimum Gasteiger partial charge on any atom is -0.467 e. The summed E-state index contributed by atoms with van der Waals surface area (Å²) in [6, 6.07) is 24.7. The number of para-hydroxylation sites is 3. The van der Waals surface area contributed by atoms with Crippen molar-refractivity contribution in [3.8, 4) is 0 Å². The van der Waals surface area contributed by atoms with Crippen LogP contribution in [0.4, 0.5) is 0 Å². The number of rotatable bonds is 2. The number of nitrogens with one attached hydrogen (secondary N) is 1. The Morgan fingerprint density at radius 2 is 1.50 bits per heavy atom. The summed E-state index contributed by atoms with van der Waals surface area (Å²) in [5.74, 6) is -0.272. The van der Waals surface area contributed by atoms with Crippen LogP contribution >= 0.6 is 0 Å². The lowest BCUT2D eigenvalue weighted by Crippen LogP contribution is -2.45. The maximum atomic E-state index is 13.6. The van der Waals surface area contributed by atoms with Crippen LogP contribution in [-0.2, 0) is 15.1 Å². The third kappa shape index (κ3) is 2.03. The summed E-state index contributed by atoms with van der Waals surface area (Å²) in [6.45, 7) is 0. The molecule has 0 saturated carbocycles. The summed E-state index contributed by atoms with van der Waals surface area (Å²) in [5.41, 5.74) is 3.96. The SMILES string of the molecule is COC(=O)C1(n2c3ccccc3c3ccccc32)CC=Cc2c1[nH]c1ccccc21. The molecule has 1 aliphatic rings. The van der Waals surface area contributed by atoms with Crippen molar-refractivity contribution in [2.75, 3.05) is 7.11 Å². The predicted octanol–water partition coefficient (Wildman–Crippen LogP) is 5.61. The van der Waals surface area contributed by atoms with Crippen molar-refractivity contribution in [1.29, 1.82) is 0 Å². The molecule has 146 valence electrons. The van der Waals surface area contributed by atoms with E-state index in [0.29, 0.717) is 6.42 Å². The van der Waals surface area contributed by atoms with E-state index >= 15 is 0 Å². The van der Waals surface area contributed by atoms with Gasteiger partial charge in [-0.3, -0.25) is 0 Å². The van der Waals surface area contributed by atoms with Crippen LogP contribution in [0.5, 0.6) is 0 Å². The monoisotopic (exact) mass is 392 g/mol. The first-order chi connectivity index (χ1) is 14.8. The number of carbonyl (C=O) groups is 1. The fourth-order valence-electron chi connectivity index (χ4n) is 5.09. The highest BCUT2D eigenvalue weighted by Gasteiger charge is 2.48.